The standard InChI is InChI=1S/C22H28N2O2/c1-17-20(18(2)25)16-21(19-10-6-5-7-11-19)24(17)15-12-22(26)23-13-8-3-4-9-14-23/h5-7,10-11,16H,3-4,8-9,12-15H2,1-2H3. The van der Waals surface area contributed by atoms with Crippen molar-refractivity contribution in [3.05, 3.63) is 47.7 Å². The Morgan fingerprint density at radius 2 is 1.65 bits per heavy atom. The number of Topliss-reactive ketones (excluding diaryl/α,β-unsaturated/α-hetero) is 1. The molecule has 0 bridgehead atoms. The monoisotopic (exact) mass is 352 g/mol. The quantitative estimate of drug-likeness (QED) is 0.746. The zero-order valence-electron chi connectivity index (χ0n) is 15.8. The summed E-state index contributed by atoms with van der Waals surface area (Å²) in [5.74, 6) is 0.292. The number of benzene rings is 1. The van der Waals surface area contributed by atoms with E-state index in [1.165, 1.54) is 12.8 Å². The van der Waals surface area contributed by atoms with E-state index in [4.69, 9.17) is 0 Å². The maximum atomic E-state index is 12.7. The molecule has 1 amide bonds. The van der Waals surface area contributed by atoms with E-state index in [0.29, 0.717) is 13.0 Å². The van der Waals surface area contributed by atoms with Gasteiger partial charge in [0.15, 0.2) is 5.78 Å². The van der Waals surface area contributed by atoms with Gasteiger partial charge in [0, 0.05) is 43.0 Å². The molecule has 0 saturated carbocycles. The number of hydrogen-bond acceptors (Lipinski definition) is 2. The van der Waals surface area contributed by atoms with Gasteiger partial charge in [0.1, 0.15) is 0 Å². The Bertz CT molecular complexity index is 769. The highest BCUT2D eigenvalue weighted by Crippen LogP contribution is 2.27. The fraction of sp³-hybridized carbons (Fsp3) is 0.455. The third-order valence-corrected chi connectivity index (χ3v) is 5.32. The van der Waals surface area contributed by atoms with Crippen LogP contribution in [0, 0.1) is 6.92 Å². The lowest BCUT2D eigenvalue weighted by Gasteiger charge is -2.21. The van der Waals surface area contributed by atoms with Gasteiger partial charge in [-0.15, -0.1) is 0 Å². The molecule has 2 aromatic rings. The fourth-order valence-corrected chi connectivity index (χ4v) is 3.82. The largest absolute Gasteiger partial charge is 0.344 e. The van der Waals surface area contributed by atoms with Crippen LogP contribution in [0.5, 0.6) is 0 Å². The summed E-state index contributed by atoms with van der Waals surface area (Å²) >= 11 is 0. The minimum Gasteiger partial charge on any atom is -0.344 e. The van der Waals surface area contributed by atoms with Gasteiger partial charge in [-0.05, 0) is 38.3 Å². The van der Waals surface area contributed by atoms with E-state index in [-0.39, 0.29) is 11.7 Å². The van der Waals surface area contributed by atoms with Crippen molar-refractivity contribution in [2.24, 2.45) is 0 Å². The first-order valence-electron chi connectivity index (χ1n) is 9.62. The average Bonchev–Trinajstić information content (AvgIpc) is 2.81. The minimum atomic E-state index is 0.0669. The lowest BCUT2D eigenvalue weighted by molar-refractivity contribution is -0.131. The number of likely N-dealkylation sites (tertiary alicyclic amines) is 1. The first-order valence-corrected chi connectivity index (χ1v) is 9.62. The predicted molar refractivity (Wildman–Crippen MR) is 104 cm³/mol. The zero-order chi connectivity index (χ0) is 18.5. The Morgan fingerprint density at radius 1 is 1.00 bits per heavy atom. The maximum absolute atomic E-state index is 12.7. The van der Waals surface area contributed by atoms with Gasteiger partial charge in [0.05, 0.1) is 0 Å². The SMILES string of the molecule is CC(=O)c1cc(-c2ccccc2)n(CCC(=O)N2CCCCCC2)c1C. The van der Waals surface area contributed by atoms with Gasteiger partial charge in [-0.25, -0.2) is 0 Å². The Morgan fingerprint density at radius 3 is 2.27 bits per heavy atom. The average molecular weight is 352 g/mol. The van der Waals surface area contributed by atoms with Crippen molar-refractivity contribution in [1.82, 2.24) is 9.47 Å². The summed E-state index contributed by atoms with van der Waals surface area (Å²) in [5, 5.41) is 0. The molecule has 0 radical (unpaired) electrons. The van der Waals surface area contributed by atoms with Gasteiger partial charge < -0.3 is 9.47 Å². The van der Waals surface area contributed by atoms with Crippen LogP contribution in [-0.2, 0) is 11.3 Å². The summed E-state index contributed by atoms with van der Waals surface area (Å²) in [4.78, 5) is 26.7. The summed E-state index contributed by atoms with van der Waals surface area (Å²) in [6.07, 6.45) is 5.14. The fourth-order valence-electron chi connectivity index (χ4n) is 3.82. The van der Waals surface area contributed by atoms with E-state index in [1.54, 1.807) is 6.92 Å². The molecule has 2 heterocycles. The van der Waals surface area contributed by atoms with Crippen LogP contribution < -0.4 is 0 Å². The molecular weight excluding hydrogens is 324 g/mol. The van der Waals surface area contributed by atoms with Crippen LogP contribution in [0.2, 0.25) is 0 Å². The van der Waals surface area contributed by atoms with Gasteiger partial charge in [-0.3, -0.25) is 9.59 Å². The van der Waals surface area contributed by atoms with Crippen molar-refractivity contribution in [1.29, 1.82) is 0 Å². The van der Waals surface area contributed by atoms with Gasteiger partial charge in [0.25, 0.3) is 0 Å². The second kappa shape index (κ2) is 8.35. The van der Waals surface area contributed by atoms with E-state index >= 15 is 0 Å². The third kappa shape index (κ3) is 4.06. The van der Waals surface area contributed by atoms with Crippen LogP contribution in [0.25, 0.3) is 11.3 Å². The molecule has 0 N–H and O–H groups in total. The Kier molecular flexibility index (Phi) is 5.92. The molecule has 26 heavy (non-hydrogen) atoms. The second-order valence-corrected chi connectivity index (χ2v) is 7.15. The maximum Gasteiger partial charge on any atom is 0.224 e. The van der Waals surface area contributed by atoms with Crippen LogP contribution in [0.15, 0.2) is 36.4 Å². The van der Waals surface area contributed by atoms with Crippen LogP contribution >= 0.6 is 0 Å². The van der Waals surface area contributed by atoms with Crippen molar-refractivity contribution in [2.75, 3.05) is 13.1 Å². The Hall–Kier alpha value is -2.36. The lowest BCUT2D eigenvalue weighted by Crippen LogP contribution is -2.32. The van der Waals surface area contributed by atoms with Crippen LogP contribution in [0.1, 0.15) is 55.1 Å². The number of carbonyl (C=O) groups is 2. The van der Waals surface area contributed by atoms with E-state index in [1.807, 2.05) is 48.2 Å². The van der Waals surface area contributed by atoms with Crippen molar-refractivity contribution in [3.8, 4) is 11.3 Å². The first kappa shape index (κ1) is 18.4. The molecule has 0 unspecified atom stereocenters. The predicted octanol–water partition coefficient (Wildman–Crippen LogP) is 4.46. The molecular formula is C22H28N2O2. The number of ketones is 1. The van der Waals surface area contributed by atoms with Crippen molar-refractivity contribution in [2.45, 2.75) is 52.5 Å². The van der Waals surface area contributed by atoms with Crippen molar-refractivity contribution < 1.29 is 9.59 Å². The van der Waals surface area contributed by atoms with Crippen LogP contribution in [-0.4, -0.2) is 34.2 Å². The first-order chi connectivity index (χ1) is 12.6. The van der Waals surface area contributed by atoms with Crippen LogP contribution in [0.4, 0.5) is 0 Å². The Balaban J connectivity index is 1.82. The molecule has 3 rings (SSSR count). The molecule has 1 saturated heterocycles. The van der Waals surface area contributed by atoms with E-state index in [9.17, 15) is 9.59 Å². The van der Waals surface area contributed by atoms with Gasteiger partial charge in [-0.1, -0.05) is 43.2 Å². The number of carbonyl (C=O) groups excluding carboxylic acids is 2. The molecule has 1 fully saturated rings. The van der Waals surface area contributed by atoms with E-state index in [0.717, 1.165) is 48.4 Å². The topological polar surface area (TPSA) is 42.3 Å². The molecule has 138 valence electrons. The summed E-state index contributed by atoms with van der Waals surface area (Å²) in [7, 11) is 0. The molecule has 4 heteroatoms. The molecule has 0 atom stereocenters. The zero-order valence-corrected chi connectivity index (χ0v) is 15.8. The number of amides is 1. The number of nitrogens with zero attached hydrogens (tertiary/aromatic N) is 2. The van der Waals surface area contributed by atoms with E-state index < -0.39 is 0 Å². The summed E-state index contributed by atoms with van der Waals surface area (Å²) in [6.45, 7) is 5.95. The summed E-state index contributed by atoms with van der Waals surface area (Å²) in [5.41, 5.74) is 3.77. The minimum absolute atomic E-state index is 0.0669. The molecule has 1 aliphatic heterocycles. The van der Waals surface area contributed by atoms with Crippen molar-refractivity contribution >= 4 is 11.7 Å². The highest BCUT2D eigenvalue weighted by atomic mass is 16.2. The van der Waals surface area contributed by atoms with Gasteiger partial charge >= 0.3 is 0 Å². The highest BCUT2D eigenvalue weighted by molar-refractivity contribution is 5.96. The number of aromatic nitrogens is 1. The molecule has 4 nitrogen and oxygen atoms in total. The van der Waals surface area contributed by atoms with Crippen LogP contribution in [0.3, 0.4) is 0 Å². The van der Waals surface area contributed by atoms with Gasteiger partial charge in [0.2, 0.25) is 5.91 Å². The molecule has 1 aromatic heterocycles. The summed E-state index contributed by atoms with van der Waals surface area (Å²) < 4.78 is 2.13. The molecule has 1 aromatic carbocycles. The normalized spacial score (nSPS) is 14.9. The lowest BCUT2D eigenvalue weighted by atomic mass is 10.1. The summed E-state index contributed by atoms with van der Waals surface area (Å²) in [6, 6.07) is 12.0. The van der Waals surface area contributed by atoms with Crippen molar-refractivity contribution in [3.63, 3.8) is 0 Å². The number of hydrogen-bond donors (Lipinski definition) is 0. The van der Waals surface area contributed by atoms with Gasteiger partial charge in [-0.2, -0.15) is 0 Å². The third-order valence-electron chi connectivity index (χ3n) is 5.32. The highest BCUT2D eigenvalue weighted by Gasteiger charge is 2.19. The second-order valence-electron chi connectivity index (χ2n) is 7.15. The number of rotatable bonds is 5. The molecule has 0 aliphatic carbocycles. The smallest absolute Gasteiger partial charge is 0.224 e. The Labute approximate surface area is 155 Å². The van der Waals surface area contributed by atoms with E-state index in [2.05, 4.69) is 4.57 Å². The molecule has 0 spiro atoms. The molecule has 1 aliphatic rings.